The van der Waals surface area contributed by atoms with Crippen LogP contribution >= 0.6 is 0 Å². The van der Waals surface area contributed by atoms with Crippen LogP contribution in [0.4, 0.5) is 23.0 Å². The molecule has 1 N–H and O–H groups in total. The fraction of sp³-hybridized carbons (Fsp3) is 0.269. The van der Waals surface area contributed by atoms with E-state index in [0.29, 0.717) is 24.6 Å². The van der Waals surface area contributed by atoms with Gasteiger partial charge in [0.15, 0.2) is 11.5 Å². The van der Waals surface area contributed by atoms with Gasteiger partial charge in [0, 0.05) is 49.5 Å². The predicted molar refractivity (Wildman–Crippen MR) is 139 cm³/mol. The average Bonchev–Trinajstić information content (AvgIpc) is 3.37. The average molecular weight is 500 g/mol. The van der Waals surface area contributed by atoms with E-state index in [0.717, 1.165) is 53.3 Å². The van der Waals surface area contributed by atoms with Crippen LogP contribution in [0, 0.1) is 17.0 Å². The Hall–Kier alpha value is -4.51. The van der Waals surface area contributed by atoms with Crippen molar-refractivity contribution >= 4 is 33.9 Å². The lowest BCUT2D eigenvalue weighted by atomic mass is 10.1. The third-order valence-corrected chi connectivity index (χ3v) is 6.62. The molecule has 1 saturated heterocycles. The Bertz CT molecular complexity index is 1490. The molecule has 2 aromatic carbocycles. The number of rotatable bonds is 6. The van der Waals surface area contributed by atoms with Crippen LogP contribution in [-0.2, 0) is 6.54 Å². The maximum absolute atomic E-state index is 12.2. The van der Waals surface area contributed by atoms with Crippen LogP contribution in [0.3, 0.4) is 0 Å². The van der Waals surface area contributed by atoms with Crippen LogP contribution in [-0.4, -0.2) is 57.7 Å². The van der Waals surface area contributed by atoms with E-state index in [1.54, 1.807) is 0 Å². The van der Waals surface area contributed by atoms with Crippen molar-refractivity contribution in [3.8, 4) is 11.5 Å². The first-order valence-electron chi connectivity index (χ1n) is 12.0. The van der Waals surface area contributed by atoms with E-state index in [4.69, 9.17) is 9.47 Å². The van der Waals surface area contributed by atoms with Crippen LogP contribution in [0.1, 0.15) is 11.3 Å². The molecular weight excluding hydrogens is 474 g/mol. The minimum Gasteiger partial charge on any atom is -0.454 e. The molecule has 0 spiro atoms. The summed E-state index contributed by atoms with van der Waals surface area (Å²) in [5.74, 6) is 2.01. The predicted octanol–water partition coefficient (Wildman–Crippen LogP) is 4.04. The zero-order valence-corrected chi connectivity index (χ0v) is 20.3. The maximum Gasteiger partial charge on any atom is 0.353 e. The summed E-state index contributed by atoms with van der Waals surface area (Å²) in [4.78, 5) is 29.1. The van der Waals surface area contributed by atoms with Crippen molar-refractivity contribution in [1.29, 1.82) is 0 Å². The number of hydrogen-bond acceptors (Lipinski definition) is 10. The molecule has 2 aliphatic heterocycles. The topological polar surface area (TPSA) is 119 Å². The van der Waals surface area contributed by atoms with E-state index in [9.17, 15) is 10.1 Å². The summed E-state index contributed by atoms with van der Waals surface area (Å²) in [7, 11) is 0. The van der Waals surface area contributed by atoms with Crippen molar-refractivity contribution in [2.24, 2.45) is 0 Å². The number of anilines is 3. The summed E-state index contributed by atoms with van der Waals surface area (Å²) in [6, 6.07) is 15.5. The van der Waals surface area contributed by atoms with Crippen molar-refractivity contribution in [3.63, 3.8) is 0 Å². The van der Waals surface area contributed by atoms with Gasteiger partial charge in [0.05, 0.1) is 10.4 Å². The number of pyridine rings is 1. The number of aryl methyl sites for hydroxylation is 1. The van der Waals surface area contributed by atoms with Crippen LogP contribution in [0.15, 0.2) is 54.9 Å². The first-order valence-corrected chi connectivity index (χ1v) is 12.0. The summed E-state index contributed by atoms with van der Waals surface area (Å²) in [5, 5.41) is 16.2. The van der Waals surface area contributed by atoms with Gasteiger partial charge in [-0.2, -0.15) is 0 Å². The number of nitro groups is 1. The number of aromatic nitrogens is 3. The van der Waals surface area contributed by atoms with Gasteiger partial charge < -0.3 is 19.7 Å². The molecule has 0 unspecified atom stereocenters. The van der Waals surface area contributed by atoms with Gasteiger partial charge in [-0.25, -0.2) is 9.97 Å². The van der Waals surface area contributed by atoms with Gasteiger partial charge >= 0.3 is 5.69 Å². The highest BCUT2D eigenvalue weighted by Crippen LogP contribution is 2.36. The lowest BCUT2D eigenvalue weighted by Crippen LogP contribution is -2.46. The Balaban J connectivity index is 1.20. The molecule has 4 aromatic rings. The van der Waals surface area contributed by atoms with Gasteiger partial charge in [-0.15, -0.1) is 0 Å². The Kier molecular flexibility index (Phi) is 5.89. The Morgan fingerprint density at radius 1 is 1.03 bits per heavy atom. The first-order chi connectivity index (χ1) is 18.0. The van der Waals surface area contributed by atoms with Crippen molar-refractivity contribution in [3.05, 3.63) is 76.2 Å². The molecule has 0 aliphatic carbocycles. The molecule has 2 aromatic heterocycles. The highest BCUT2D eigenvalue weighted by molar-refractivity contribution is 5.94. The molecule has 6 rings (SSSR count). The van der Waals surface area contributed by atoms with E-state index in [-0.39, 0.29) is 18.3 Å². The summed E-state index contributed by atoms with van der Waals surface area (Å²) >= 11 is 0. The largest absolute Gasteiger partial charge is 0.454 e. The van der Waals surface area contributed by atoms with Gasteiger partial charge in [0.1, 0.15) is 6.33 Å². The van der Waals surface area contributed by atoms with E-state index < -0.39 is 4.92 Å². The standard InChI is InChI=1S/C26H25N7O4/c1-17-5-7-19-20(29-17)3-2-4-21(19)30-25-24(33(34)35)26(28-15-27-25)32-11-9-31(10-12-32)14-18-6-8-22-23(13-18)37-16-36-22/h2-8,13,15H,9-12,14,16H2,1H3,(H,27,28,30). The molecule has 4 heterocycles. The van der Waals surface area contributed by atoms with Crippen LogP contribution < -0.4 is 19.7 Å². The molecule has 2 aliphatic rings. The van der Waals surface area contributed by atoms with Crippen LogP contribution in [0.2, 0.25) is 0 Å². The van der Waals surface area contributed by atoms with Gasteiger partial charge in [-0.3, -0.25) is 20.0 Å². The Labute approximate surface area is 212 Å². The first kappa shape index (κ1) is 22.9. The zero-order chi connectivity index (χ0) is 25.4. The number of ether oxygens (including phenoxy) is 2. The molecule has 11 heteroatoms. The normalized spacial score (nSPS) is 15.2. The summed E-state index contributed by atoms with van der Waals surface area (Å²) in [6.45, 7) is 5.65. The number of nitrogens with zero attached hydrogens (tertiary/aromatic N) is 6. The zero-order valence-electron chi connectivity index (χ0n) is 20.3. The van der Waals surface area contributed by atoms with Crippen molar-refractivity contribution < 1.29 is 14.4 Å². The van der Waals surface area contributed by atoms with Crippen LogP contribution in [0.25, 0.3) is 10.9 Å². The van der Waals surface area contributed by atoms with Gasteiger partial charge in [-0.05, 0) is 48.9 Å². The lowest BCUT2D eigenvalue weighted by molar-refractivity contribution is -0.383. The summed E-state index contributed by atoms with van der Waals surface area (Å²) in [6.07, 6.45) is 1.37. The second-order valence-corrected chi connectivity index (χ2v) is 9.05. The van der Waals surface area contributed by atoms with Crippen molar-refractivity contribution in [2.75, 3.05) is 43.2 Å². The van der Waals surface area contributed by atoms with E-state index in [2.05, 4.69) is 25.2 Å². The molecule has 1 fully saturated rings. The minimum absolute atomic E-state index is 0.135. The third-order valence-electron chi connectivity index (χ3n) is 6.62. The number of hydrogen-bond donors (Lipinski definition) is 1. The fourth-order valence-corrected chi connectivity index (χ4v) is 4.77. The molecule has 0 radical (unpaired) electrons. The Morgan fingerprint density at radius 3 is 2.70 bits per heavy atom. The summed E-state index contributed by atoms with van der Waals surface area (Å²) < 4.78 is 10.9. The SMILES string of the molecule is Cc1ccc2c(Nc3ncnc(N4CCN(Cc5ccc6c(c5)OCO6)CC4)c3[N+](=O)[O-])cccc2n1. The lowest BCUT2D eigenvalue weighted by Gasteiger charge is -2.35. The van der Waals surface area contributed by atoms with Gasteiger partial charge in [0.25, 0.3) is 0 Å². The van der Waals surface area contributed by atoms with E-state index in [1.165, 1.54) is 6.33 Å². The number of benzene rings is 2. The number of nitrogens with one attached hydrogen (secondary N) is 1. The molecule has 37 heavy (non-hydrogen) atoms. The quantitative estimate of drug-likeness (QED) is 0.308. The van der Waals surface area contributed by atoms with E-state index >= 15 is 0 Å². The maximum atomic E-state index is 12.2. The molecule has 0 saturated carbocycles. The van der Waals surface area contributed by atoms with Gasteiger partial charge in [-0.1, -0.05) is 12.1 Å². The molecule has 0 amide bonds. The van der Waals surface area contributed by atoms with Crippen molar-refractivity contribution in [1.82, 2.24) is 19.9 Å². The molecular formula is C26H25N7O4. The second-order valence-electron chi connectivity index (χ2n) is 9.05. The molecule has 0 atom stereocenters. The highest BCUT2D eigenvalue weighted by Gasteiger charge is 2.30. The smallest absolute Gasteiger partial charge is 0.353 e. The second kappa shape index (κ2) is 9.51. The van der Waals surface area contributed by atoms with Crippen LogP contribution in [0.5, 0.6) is 11.5 Å². The number of piperazine rings is 1. The number of fused-ring (bicyclic) bond motifs is 2. The summed E-state index contributed by atoms with van der Waals surface area (Å²) in [5.41, 5.74) is 3.41. The van der Waals surface area contributed by atoms with Crippen molar-refractivity contribution in [2.45, 2.75) is 13.5 Å². The van der Waals surface area contributed by atoms with E-state index in [1.807, 2.05) is 60.4 Å². The fourth-order valence-electron chi connectivity index (χ4n) is 4.77. The third kappa shape index (κ3) is 4.56. The molecule has 188 valence electrons. The Morgan fingerprint density at radius 2 is 1.86 bits per heavy atom. The monoisotopic (exact) mass is 499 g/mol. The van der Waals surface area contributed by atoms with Gasteiger partial charge in [0.2, 0.25) is 18.4 Å². The molecule has 0 bridgehead atoms. The molecule has 11 nitrogen and oxygen atoms in total. The highest BCUT2D eigenvalue weighted by atomic mass is 16.7. The minimum atomic E-state index is -0.413.